The first kappa shape index (κ1) is 19.9. The summed E-state index contributed by atoms with van der Waals surface area (Å²) >= 11 is 0. The maximum Gasteiger partial charge on any atom is 0.404 e. The molecule has 1 aromatic carbocycles. The van der Waals surface area contributed by atoms with Crippen LogP contribution in [-0.2, 0) is 9.59 Å². The smallest absolute Gasteiger partial charge is 0.404 e. The van der Waals surface area contributed by atoms with Gasteiger partial charge in [-0.15, -0.1) is 0 Å². The Morgan fingerprint density at radius 2 is 1.84 bits per heavy atom. The molecule has 3 amide bonds. The van der Waals surface area contributed by atoms with Crippen LogP contribution in [0.25, 0.3) is 0 Å². The van der Waals surface area contributed by atoms with Gasteiger partial charge in [-0.2, -0.15) is 0 Å². The summed E-state index contributed by atoms with van der Waals surface area (Å²) in [6.45, 7) is 1.55. The van der Waals surface area contributed by atoms with Crippen molar-refractivity contribution >= 4 is 29.3 Å². The zero-order chi connectivity index (χ0) is 18.8. The lowest BCUT2D eigenvalue weighted by atomic mass is 10.1. The standard InChI is InChI=1S/C15H20N4O6/c1-10(20)17-13(4-2-3-9-16-15(22)23)14(21)18-11-5-7-12(8-6-11)19(24)25/h5-8,13,16H,2-4,9H2,1H3,(H,17,20)(H,18,21)(H,22,23). The van der Waals surface area contributed by atoms with Crippen LogP contribution in [0.4, 0.5) is 16.2 Å². The van der Waals surface area contributed by atoms with E-state index in [0.29, 0.717) is 24.9 Å². The zero-order valence-corrected chi connectivity index (χ0v) is 13.7. The van der Waals surface area contributed by atoms with Gasteiger partial charge in [-0.05, 0) is 31.4 Å². The van der Waals surface area contributed by atoms with E-state index in [1.165, 1.54) is 31.2 Å². The summed E-state index contributed by atoms with van der Waals surface area (Å²) in [6, 6.07) is 4.55. The molecule has 0 saturated carbocycles. The van der Waals surface area contributed by atoms with E-state index in [9.17, 15) is 24.5 Å². The van der Waals surface area contributed by atoms with Crippen LogP contribution in [0.15, 0.2) is 24.3 Å². The predicted octanol–water partition coefficient (Wildman–Crippen LogP) is 1.48. The molecule has 0 fully saturated rings. The Kier molecular flexibility index (Phi) is 7.83. The molecule has 0 bridgehead atoms. The Morgan fingerprint density at radius 3 is 2.36 bits per heavy atom. The fraction of sp³-hybridized carbons (Fsp3) is 0.400. The second kappa shape index (κ2) is 9.85. The SMILES string of the molecule is CC(=O)NC(CCCCNC(=O)O)C(=O)Nc1ccc([N+](=O)[O-])cc1. The number of nitro benzene ring substituents is 1. The van der Waals surface area contributed by atoms with Gasteiger partial charge < -0.3 is 21.1 Å². The van der Waals surface area contributed by atoms with Gasteiger partial charge in [0.1, 0.15) is 6.04 Å². The first-order chi connectivity index (χ1) is 11.8. The number of carbonyl (C=O) groups is 3. The van der Waals surface area contributed by atoms with Crippen molar-refractivity contribution < 1.29 is 24.4 Å². The second-order valence-electron chi connectivity index (χ2n) is 5.27. The zero-order valence-electron chi connectivity index (χ0n) is 13.7. The third-order valence-electron chi connectivity index (χ3n) is 3.24. The molecule has 1 rings (SSSR count). The van der Waals surface area contributed by atoms with Crippen LogP contribution in [0.1, 0.15) is 26.2 Å². The summed E-state index contributed by atoms with van der Waals surface area (Å²) in [5.74, 6) is -0.817. The molecule has 4 N–H and O–H groups in total. The lowest BCUT2D eigenvalue weighted by molar-refractivity contribution is -0.384. The van der Waals surface area contributed by atoms with E-state index in [4.69, 9.17) is 5.11 Å². The number of unbranched alkanes of at least 4 members (excludes halogenated alkanes) is 1. The van der Waals surface area contributed by atoms with Crippen LogP contribution in [0, 0.1) is 10.1 Å². The molecule has 0 heterocycles. The number of carboxylic acid groups (broad SMARTS) is 1. The molecule has 136 valence electrons. The summed E-state index contributed by atoms with van der Waals surface area (Å²) in [5.41, 5.74) is 0.279. The lowest BCUT2D eigenvalue weighted by Crippen LogP contribution is -2.42. The Labute approximate surface area is 143 Å². The highest BCUT2D eigenvalue weighted by molar-refractivity contribution is 5.96. The third-order valence-corrected chi connectivity index (χ3v) is 3.24. The molecule has 0 spiro atoms. The van der Waals surface area contributed by atoms with Crippen LogP contribution in [0.2, 0.25) is 0 Å². The number of non-ortho nitro benzene ring substituents is 1. The molecule has 25 heavy (non-hydrogen) atoms. The van der Waals surface area contributed by atoms with Gasteiger partial charge in [0.15, 0.2) is 0 Å². The van der Waals surface area contributed by atoms with Gasteiger partial charge >= 0.3 is 6.09 Å². The van der Waals surface area contributed by atoms with Crippen LogP contribution in [0.5, 0.6) is 0 Å². The average molecular weight is 352 g/mol. The van der Waals surface area contributed by atoms with Crippen LogP contribution >= 0.6 is 0 Å². The molecule has 0 aromatic heterocycles. The maximum atomic E-state index is 12.3. The molecular weight excluding hydrogens is 332 g/mol. The monoisotopic (exact) mass is 352 g/mol. The number of nitro groups is 1. The molecule has 1 atom stereocenters. The molecule has 0 aliphatic rings. The highest BCUT2D eigenvalue weighted by Gasteiger charge is 2.19. The van der Waals surface area contributed by atoms with Gasteiger partial charge in [0.25, 0.3) is 5.69 Å². The van der Waals surface area contributed by atoms with E-state index in [0.717, 1.165) is 0 Å². The summed E-state index contributed by atoms with van der Waals surface area (Å²) in [5, 5.41) is 26.4. The summed E-state index contributed by atoms with van der Waals surface area (Å²) in [6.07, 6.45) is 0.264. The van der Waals surface area contributed by atoms with Gasteiger partial charge in [0, 0.05) is 31.3 Å². The number of rotatable bonds is 9. The van der Waals surface area contributed by atoms with Crippen molar-refractivity contribution in [3.05, 3.63) is 34.4 Å². The topological polar surface area (TPSA) is 151 Å². The van der Waals surface area contributed by atoms with E-state index in [1.807, 2.05) is 0 Å². The fourth-order valence-electron chi connectivity index (χ4n) is 2.08. The number of hydrogen-bond acceptors (Lipinski definition) is 5. The number of nitrogens with zero attached hydrogens (tertiary/aromatic N) is 1. The first-order valence-electron chi connectivity index (χ1n) is 7.59. The highest BCUT2D eigenvalue weighted by Crippen LogP contribution is 2.16. The first-order valence-corrected chi connectivity index (χ1v) is 7.59. The normalized spacial score (nSPS) is 11.2. The van der Waals surface area contributed by atoms with Gasteiger partial charge in [-0.1, -0.05) is 0 Å². The van der Waals surface area contributed by atoms with Crippen molar-refractivity contribution in [1.82, 2.24) is 10.6 Å². The van der Waals surface area contributed by atoms with Gasteiger partial charge in [0.05, 0.1) is 4.92 Å². The summed E-state index contributed by atoms with van der Waals surface area (Å²) < 4.78 is 0. The lowest BCUT2D eigenvalue weighted by Gasteiger charge is -2.17. The number of hydrogen-bond donors (Lipinski definition) is 4. The maximum absolute atomic E-state index is 12.3. The molecule has 10 nitrogen and oxygen atoms in total. The Hall–Kier alpha value is -3.17. The number of amides is 3. The van der Waals surface area contributed by atoms with Gasteiger partial charge in [-0.25, -0.2) is 4.79 Å². The van der Waals surface area contributed by atoms with E-state index >= 15 is 0 Å². The van der Waals surface area contributed by atoms with Crippen molar-refractivity contribution in [2.24, 2.45) is 0 Å². The molecule has 0 aliphatic heterocycles. The number of benzene rings is 1. The Balaban J connectivity index is 2.58. The Morgan fingerprint density at radius 1 is 1.20 bits per heavy atom. The second-order valence-corrected chi connectivity index (χ2v) is 5.27. The van der Waals surface area contributed by atoms with Crippen molar-refractivity contribution in [3.8, 4) is 0 Å². The quantitative estimate of drug-likeness (QED) is 0.300. The fourth-order valence-corrected chi connectivity index (χ4v) is 2.08. The highest BCUT2D eigenvalue weighted by atomic mass is 16.6. The summed E-state index contributed by atoms with van der Waals surface area (Å²) in [4.78, 5) is 43.9. The number of nitrogens with one attached hydrogen (secondary N) is 3. The predicted molar refractivity (Wildman–Crippen MR) is 89.2 cm³/mol. The average Bonchev–Trinajstić information content (AvgIpc) is 2.53. The van der Waals surface area contributed by atoms with E-state index in [-0.39, 0.29) is 18.1 Å². The number of anilines is 1. The van der Waals surface area contributed by atoms with E-state index < -0.39 is 23.0 Å². The van der Waals surface area contributed by atoms with Crippen molar-refractivity contribution in [3.63, 3.8) is 0 Å². The van der Waals surface area contributed by atoms with Crippen LogP contribution in [0.3, 0.4) is 0 Å². The minimum atomic E-state index is -1.12. The molecule has 1 aromatic rings. The van der Waals surface area contributed by atoms with Gasteiger partial charge in [-0.3, -0.25) is 19.7 Å². The van der Waals surface area contributed by atoms with Crippen LogP contribution in [-0.4, -0.2) is 40.5 Å². The molecule has 10 heteroatoms. The molecule has 0 saturated heterocycles. The molecule has 1 unspecified atom stereocenters. The van der Waals surface area contributed by atoms with Crippen molar-refractivity contribution in [2.75, 3.05) is 11.9 Å². The minimum absolute atomic E-state index is 0.0951. The molecule has 0 radical (unpaired) electrons. The molecule has 0 aliphatic carbocycles. The minimum Gasteiger partial charge on any atom is -0.465 e. The summed E-state index contributed by atoms with van der Waals surface area (Å²) in [7, 11) is 0. The number of carbonyl (C=O) groups excluding carboxylic acids is 2. The van der Waals surface area contributed by atoms with Crippen molar-refractivity contribution in [2.45, 2.75) is 32.2 Å². The Bertz CT molecular complexity index is 631. The van der Waals surface area contributed by atoms with E-state index in [1.54, 1.807) is 0 Å². The van der Waals surface area contributed by atoms with E-state index in [2.05, 4.69) is 16.0 Å². The third kappa shape index (κ3) is 7.77. The largest absolute Gasteiger partial charge is 0.465 e. The van der Waals surface area contributed by atoms with Gasteiger partial charge in [0.2, 0.25) is 11.8 Å². The molecular formula is C15H20N4O6. The van der Waals surface area contributed by atoms with Crippen LogP contribution < -0.4 is 16.0 Å². The van der Waals surface area contributed by atoms with Crippen molar-refractivity contribution in [1.29, 1.82) is 0 Å².